The van der Waals surface area contributed by atoms with Crippen molar-refractivity contribution in [3.8, 4) is 5.88 Å². The molecule has 1 fully saturated rings. The van der Waals surface area contributed by atoms with E-state index in [-0.39, 0.29) is 24.9 Å². The first kappa shape index (κ1) is 16.7. The monoisotopic (exact) mass is 359 g/mol. The van der Waals surface area contributed by atoms with Crippen LogP contribution in [-0.2, 0) is 11.3 Å². The van der Waals surface area contributed by atoms with E-state index >= 15 is 0 Å². The van der Waals surface area contributed by atoms with E-state index in [0.29, 0.717) is 17.8 Å². The number of hydrogen-bond donors (Lipinski definition) is 2. The average Bonchev–Trinajstić information content (AvgIpc) is 3.23. The Morgan fingerprint density at radius 3 is 2.85 bits per heavy atom. The van der Waals surface area contributed by atoms with Crippen molar-refractivity contribution >= 4 is 17.1 Å². The summed E-state index contributed by atoms with van der Waals surface area (Å²) in [6, 6.07) is 9.62. The molecule has 0 amide bonds. The third-order valence-corrected chi connectivity index (χ3v) is 4.28. The Kier molecular flexibility index (Phi) is 4.39. The predicted molar refractivity (Wildman–Crippen MR) is 91.0 cm³/mol. The summed E-state index contributed by atoms with van der Waals surface area (Å²) in [5.74, 6) is 0.277. The summed E-state index contributed by atoms with van der Waals surface area (Å²) in [7, 11) is 0. The van der Waals surface area contributed by atoms with Crippen LogP contribution in [0.15, 0.2) is 36.7 Å². The SMILES string of the molecule is Nc1nc(OCc2ccccc2)c2ncn([C@H]3C[C@H](F)[C@@H](CO)O3)c2n1. The molecule has 3 heterocycles. The molecule has 2 aromatic heterocycles. The standard InChI is InChI=1S/C17H18FN5O3/c18-11-6-13(26-12(11)7-24)23-9-20-14-15(23)21-17(19)22-16(14)25-8-10-4-2-1-3-5-10/h1-5,9,11-13,24H,6-8H2,(H2,19,21,22)/t11-,12+,13+/m0/s1. The fraction of sp³-hybridized carbons (Fsp3) is 0.353. The lowest BCUT2D eigenvalue weighted by atomic mass is 10.2. The maximum atomic E-state index is 13.9. The molecule has 3 N–H and O–H groups in total. The first-order valence-corrected chi connectivity index (χ1v) is 8.23. The van der Waals surface area contributed by atoms with Crippen molar-refractivity contribution in [2.45, 2.75) is 31.5 Å². The Balaban J connectivity index is 1.63. The number of aromatic nitrogens is 4. The van der Waals surface area contributed by atoms with Crippen LogP contribution in [0.3, 0.4) is 0 Å². The molecular formula is C17H18FN5O3. The number of imidazole rings is 1. The molecule has 0 aliphatic carbocycles. The molecule has 3 atom stereocenters. The smallest absolute Gasteiger partial charge is 0.247 e. The van der Waals surface area contributed by atoms with Gasteiger partial charge in [-0.3, -0.25) is 4.57 Å². The number of halogens is 1. The maximum absolute atomic E-state index is 13.9. The number of nitrogens with two attached hydrogens (primary N) is 1. The van der Waals surface area contributed by atoms with Crippen LogP contribution >= 0.6 is 0 Å². The Morgan fingerprint density at radius 1 is 1.31 bits per heavy atom. The minimum Gasteiger partial charge on any atom is -0.471 e. The summed E-state index contributed by atoms with van der Waals surface area (Å²) in [5, 5.41) is 9.18. The second-order valence-electron chi connectivity index (χ2n) is 6.05. The Labute approximate surface area is 148 Å². The van der Waals surface area contributed by atoms with E-state index in [1.807, 2.05) is 30.3 Å². The molecule has 136 valence electrons. The summed E-state index contributed by atoms with van der Waals surface area (Å²) in [6.07, 6.45) is -1.14. The van der Waals surface area contributed by atoms with Crippen LogP contribution in [-0.4, -0.2) is 43.5 Å². The van der Waals surface area contributed by atoms with Crippen LogP contribution in [0.4, 0.5) is 10.3 Å². The van der Waals surface area contributed by atoms with Crippen LogP contribution in [0.5, 0.6) is 5.88 Å². The third-order valence-electron chi connectivity index (χ3n) is 4.28. The van der Waals surface area contributed by atoms with Gasteiger partial charge < -0.3 is 20.3 Å². The van der Waals surface area contributed by atoms with E-state index in [4.69, 9.17) is 15.2 Å². The van der Waals surface area contributed by atoms with Gasteiger partial charge in [-0.1, -0.05) is 30.3 Å². The number of ether oxygens (including phenoxy) is 2. The van der Waals surface area contributed by atoms with Gasteiger partial charge in [0.15, 0.2) is 11.2 Å². The second kappa shape index (κ2) is 6.85. The highest BCUT2D eigenvalue weighted by Gasteiger charge is 2.37. The molecule has 1 aliphatic rings. The van der Waals surface area contributed by atoms with Gasteiger partial charge in [-0.25, -0.2) is 9.37 Å². The molecule has 9 heteroatoms. The number of rotatable bonds is 5. The average molecular weight is 359 g/mol. The van der Waals surface area contributed by atoms with Crippen molar-refractivity contribution < 1.29 is 19.0 Å². The van der Waals surface area contributed by atoms with E-state index < -0.39 is 18.5 Å². The van der Waals surface area contributed by atoms with Gasteiger partial charge in [-0.15, -0.1) is 0 Å². The number of nitrogens with zero attached hydrogens (tertiary/aromatic N) is 4. The fourth-order valence-electron chi connectivity index (χ4n) is 2.97. The van der Waals surface area contributed by atoms with E-state index in [0.717, 1.165) is 5.56 Å². The molecule has 0 unspecified atom stereocenters. The molecule has 0 radical (unpaired) electrons. The zero-order valence-electron chi connectivity index (χ0n) is 13.8. The topological polar surface area (TPSA) is 108 Å². The molecule has 1 aromatic carbocycles. The van der Waals surface area contributed by atoms with Crippen molar-refractivity contribution in [2.75, 3.05) is 12.3 Å². The van der Waals surface area contributed by atoms with Gasteiger partial charge in [0.05, 0.1) is 12.9 Å². The number of alkyl halides is 1. The number of fused-ring (bicyclic) bond motifs is 1. The molecule has 0 spiro atoms. The quantitative estimate of drug-likeness (QED) is 0.712. The van der Waals surface area contributed by atoms with Gasteiger partial charge in [-0.2, -0.15) is 9.97 Å². The molecule has 26 heavy (non-hydrogen) atoms. The molecular weight excluding hydrogens is 341 g/mol. The molecule has 8 nitrogen and oxygen atoms in total. The Hall–Kier alpha value is -2.78. The minimum atomic E-state index is -1.25. The first-order chi connectivity index (χ1) is 12.7. The van der Waals surface area contributed by atoms with Crippen LogP contribution in [0, 0.1) is 0 Å². The molecule has 0 bridgehead atoms. The summed E-state index contributed by atoms with van der Waals surface area (Å²) < 4.78 is 26.8. The summed E-state index contributed by atoms with van der Waals surface area (Å²) in [6.45, 7) is -0.0782. The van der Waals surface area contributed by atoms with E-state index in [2.05, 4.69) is 15.0 Å². The lowest BCUT2D eigenvalue weighted by Gasteiger charge is -2.13. The third kappa shape index (κ3) is 3.06. The molecule has 3 aromatic rings. The van der Waals surface area contributed by atoms with Crippen molar-refractivity contribution in [1.29, 1.82) is 0 Å². The Morgan fingerprint density at radius 2 is 2.12 bits per heavy atom. The van der Waals surface area contributed by atoms with Crippen molar-refractivity contribution in [1.82, 2.24) is 19.5 Å². The van der Waals surface area contributed by atoms with Crippen LogP contribution in [0.1, 0.15) is 18.2 Å². The first-order valence-electron chi connectivity index (χ1n) is 8.23. The van der Waals surface area contributed by atoms with Crippen LogP contribution in [0.25, 0.3) is 11.2 Å². The van der Waals surface area contributed by atoms with Gasteiger partial charge >= 0.3 is 0 Å². The number of aliphatic hydroxyl groups excluding tert-OH is 1. The Bertz CT molecular complexity index is 904. The highest BCUT2D eigenvalue weighted by molar-refractivity contribution is 5.77. The summed E-state index contributed by atoms with van der Waals surface area (Å²) in [4.78, 5) is 12.6. The van der Waals surface area contributed by atoms with E-state index in [9.17, 15) is 9.50 Å². The minimum absolute atomic E-state index is 0.0239. The largest absolute Gasteiger partial charge is 0.471 e. The predicted octanol–water partition coefficient (Wildman–Crippen LogP) is 1.61. The normalized spacial score (nSPS) is 22.8. The molecule has 1 aliphatic heterocycles. The van der Waals surface area contributed by atoms with Gasteiger partial charge in [0.1, 0.15) is 25.1 Å². The summed E-state index contributed by atoms with van der Waals surface area (Å²) in [5.41, 5.74) is 7.59. The van der Waals surface area contributed by atoms with Crippen LogP contribution < -0.4 is 10.5 Å². The van der Waals surface area contributed by atoms with E-state index in [1.54, 1.807) is 4.57 Å². The number of nitrogen functional groups attached to an aromatic ring is 1. The lowest BCUT2D eigenvalue weighted by molar-refractivity contribution is -0.0323. The second-order valence-corrected chi connectivity index (χ2v) is 6.05. The highest BCUT2D eigenvalue weighted by atomic mass is 19.1. The fourth-order valence-corrected chi connectivity index (χ4v) is 2.97. The van der Waals surface area contributed by atoms with E-state index in [1.165, 1.54) is 6.33 Å². The van der Waals surface area contributed by atoms with Crippen molar-refractivity contribution in [3.05, 3.63) is 42.2 Å². The number of benzene rings is 1. The zero-order chi connectivity index (χ0) is 18.1. The molecule has 4 rings (SSSR count). The summed E-state index contributed by atoms with van der Waals surface area (Å²) >= 11 is 0. The van der Waals surface area contributed by atoms with Gasteiger partial charge in [0, 0.05) is 6.42 Å². The highest BCUT2D eigenvalue weighted by Crippen LogP contribution is 2.34. The number of anilines is 1. The van der Waals surface area contributed by atoms with Gasteiger partial charge in [0.2, 0.25) is 11.8 Å². The maximum Gasteiger partial charge on any atom is 0.247 e. The number of hydrogen-bond acceptors (Lipinski definition) is 7. The van der Waals surface area contributed by atoms with Gasteiger partial charge in [-0.05, 0) is 5.56 Å². The number of aliphatic hydroxyl groups is 1. The van der Waals surface area contributed by atoms with Crippen molar-refractivity contribution in [2.24, 2.45) is 0 Å². The lowest BCUT2D eigenvalue weighted by Crippen LogP contribution is -2.21. The zero-order valence-corrected chi connectivity index (χ0v) is 13.8. The molecule has 1 saturated heterocycles. The van der Waals surface area contributed by atoms with Gasteiger partial charge in [0.25, 0.3) is 0 Å². The van der Waals surface area contributed by atoms with Crippen LogP contribution in [0.2, 0.25) is 0 Å². The van der Waals surface area contributed by atoms with Crippen molar-refractivity contribution in [3.63, 3.8) is 0 Å². The molecule has 0 saturated carbocycles.